The number of likely N-dealkylation sites (N-methyl/N-ethyl adjacent to an activating group) is 1. The summed E-state index contributed by atoms with van der Waals surface area (Å²) in [6.07, 6.45) is 6.48. The van der Waals surface area contributed by atoms with Gasteiger partial charge in [0.05, 0.1) is 6.54 Å². The van der Waals surface area contributed by atoms with E-state index in [0.717, 1.165) is 24.7 Å². The maximum absolute atomic E-state index is 11.4. The van der Waals surface area contributed by atoms with Gasteiger partial charge in [-0.2, -0.15) is 0 Å². The molecular weight excluding hydrogens is 318 g/mol. The molecule has 0 amide bonds. The van der Waals surface area contributed by atoms with E-state index in [1.165, 1.54) is 12.3 Å². The zero-order valence-corrected chi connectivity index (χ0v) is 13.8. The summed E-state index contributed by atoms with van der Waals surface area (Å²) in [5, 5.41) is 0. The van der Waals surface area contributed by atoms with Crippen LogP contribution in [0, 0.1) is 0 Å². The van der Waals surface area contributed by atoms with Crippen LogP contribution in [0.4, 0.5) is 0 Å². The molecule has 7 nitrogen and oxygen atoms in total. The van der Waals surface area contributed by atoms with Crippen LogP contribution in [0.15, 0.2) is 35.2 Å². The van der Waals surface area contributed by atoms with Crippen LogP contribution in [0.2, 0.25) is 0 Å². The summed E-state index contributed by atoms with van der Waals surface area (Å²) in [6, 6.07) is 0. The summed E-state index contributed by atoms with van der Waals surface area (Å²) >= 11 is 0. The number of nitrogens with zero attached hydrogens (tertiary/aromatic N) is 1. The second kappa shape index (κ2) is 7.99. The highest BCUT2D eigenvalue weighted by Crippen LogP contribution is 2.12. The van der Waals surface area contributed by atoms with Gasteiger partial charge in [-0.05, 0) is 18.4 Å². The lowest BCUT2D eigenvalue weighted by atomic mass is 10.5. The van der Waals surface area contributed by atoms with E-state index in [4.69, 9.17) is 4.74 Å². The van der Waals surface area contributed by atoms with Crippen molar-refractivity contribution in [2.75, 3.05) is 32.7 Å². The van der Waals surface area contributed by atoms with Gasteiger partial charge in [-0.15, -0.1) is 0 Å². The Morgan fingerprint density at radius 2 is 1.71 bits per heavy atom. The third-order valence-electron chi connectivity index (χ3n) is 2.16. The van der Waals surface area contributed by atoms with Gasteiger partial charge in [-0.1, -0.05) is 6.58 Å². The fraction of sp³-hybridized carbons (Fsp3) is 0.417. The van der Waals surface area contributed by atoms with Gasteiger partial charge in [-0.25, -0.2) is 21.6 Å². The summed E-state index contributed by atoms with van der Waals surface area (Å²) < 4.78 is 49.6. The highest BCUT2D eigenvalue weighted by molar-refractivity contribution is 8.13. The molecule has 21 heavy (non-hydrogen) atoms. The zero-order chi connectivity index (χ0) is 16.7. The topological polar surface area (TPSA) is 97.8 Å². The van der Waals surface area contributed by atoms with Crippen LogP contribution in [-0.2, 0) is 29.2 Å². The molecule has 0 aromatic carbocycles. The van der Waals surface area contributed by atoms with Crippen molar-refractivity contribution in [3.05, 3.63) is 35.2 Å². The van der Waals surface area contributed by atoms with Crippen LogP contribution in [0.25, 0.3) is 0 Å². The van der Waals surface area contributed by atoms with Gasteiger partial charge in [0, 0.05) is 25.6 Å². The van der Waals surface area contributed by atoms with Gasteiger partial charge in [0.1, 0.15) is 6.61 Å². The summed E-state index contributed by atoms with van der Waals surface area (Å²) in [7, 11) is -6.00. The first-order chi connectivity index (χ1) is 9.48. The number of rotatable bonds is 8. The molecule has 0 bridgehead atoms. The van der Waals surface area contributed by atoms with Crippen molar-refractivity contribution in [3.8, 4) is 0 Å². The second-order valence-corrected chi connectivity index (χ2v) is 8.45. The zero-order valence-electron chi connectivity index (χ0n) is 12.1. The van der Waals surface area contributed by atoms with Gasteiger partial charge >= 0.3 is 5.97 Å². The molecule has 0 aliphatic heterocycles. The molecule has 9 heteroatoms. The molecule has 0 saturated carbocycles. The molecule has 0 unspecified atom stereocenters. The molecule has 0 heterocycles. The maximum Gasteiger partial charge on any atom is 0.330 e. The molecule has 0 N–H and O–H groups in total. The minimum absolute atomic E-state index is 0.125. The quantitative estimate of drug-likeness (QED) is 0.352. The molecule has 0 aliphatic rings. The Kier molecular flexibility index (Phi) is 7.37. The van der Waals surface area contributed by atoms with Crippen molar-refractivity contribution < 1.29 is 26.4 Å². The van der Waals surface area contributed by atoms with E-state index in [2.05, 4.69) is 6.58 Å². The fourth-order valence-electron chi connectivity index (χ4n) is 1.21. The Morgan fingerprint density at radius 3 is 2.14 bits per heavy atom. The van der Waals surface area contributed by atoms with Gasteiger partial charge in [-0.3, -0.25) is 0 Å². The van der Waals surface area contributed by atoms with Gasteiger partial charge in [0.15, 0.2) is 23.9 Å². The Morgan fingerprint density at radius 1 is 1.19 bits per heavy atom. The molecule has 0 radical (unpaired) electrons. The van der Waals surface area contributed by atoms with Gasteiger partial charge in [0.25, 0.3) is 0 Å². The number of hydrogen-bond acceptors (Lipinski definition) is 7. The lowest BCUT2D eigenvalue weighted by Gasteiger charge is -2.12. The number of carbonyl (C=O) groups is 1. The summed E-state index contributed by atoms with van der Waals surface area (Å²) in [5.41, 5.74) is 0. The van der Waals surface area contributed by atoms with Crippen LogP contribution >= 0.6 is 0 Å². The van der Waals surface area contributed by atoms with Crippen LogP contribution in [0.5, 0.6) is 0 Å². The Labute approximate surface area is 125 Å². The minimum atomic E-state index is -3.83. The largest absolute Gasteiger partial charge is 0.461 e. The first-order valence-electron chi connectivity index (χ1n) is 5.76. The lowest BCUT2D eigenvalue weighted by molar-refractivity contribution is -0.137. The van der Waals surface area contributed by atoms with Gasteiger partial charge < -0.3 is 9.64 Å². The molecule has 0 aliphatic carbocycles. The number of ether oxygens (including phenoxy) is 1. The first-order valence-corrected chi connectivity index (χ1v) is 9.55. The fourth-order valence-corrected chi connectivity index (χ4v) is 4.07. The number of carbonyl (C=O) groups excluding carboxylic acids is 1. The molecule has 0 atom stereocenters. The number of esters is 1. The molecule has 0 rings (SSSR count). The predicted octanol–water partition coefficient (Wildman–Crippen LogP) is 0.0917. The molecule has 0 aromatic rings. The van der Waals surface area contributed by atoms with Crippen molar-refractivity contribution in [2.24, 2.45) is 0 Å². The van der Waals surface area contributed by atoms with E-state index in [-0.39, 0.29) is 6.61 Å². The van der Waals surface area contributed by atoms with Gasteiger partial charge in [0.2, 0.25) is 0 Å². The highest BCUT2D eigenvalue weighted by atomic mass is 32.3. The van der Waals surface area contributed by atoms with Crippen molar-refractivity contribution in [1.82, 2.24) is 4.90 Å². The first kappa shape index (κ1) is 19.4. The summed E-state index contributed by atoms with van der Waals surface area (Å²) in [5.74, 6) is -0.538. The number of sulfone groups is 2. The van der Waals surface area contributed by atoms with Crippen molar-refractivity contribution in [1.29, 1.82) is 0 Å². The Bertz CT molecular complexity index is 609. The Hall–Kier alpha value is -1.61. The molecule has 0 aromatic heterocycles. The molecule has 0 spiro atoms. The average Bonchev–Trinajstić information content (AvgIpc) is 2.31. The number of hydrogen-bond donors (Lipinski definition) is 0. The number of allylic oxidation sites excluding steroid dienone is 2. The Balaban J connectivity index is 4.76. The normalized spacial score (nSPS) is 12.0. The third kappa shape index (κ3) is 8.30. The summed E-state index contributed by atoms with van der Waals surface area (Å²) in [4.78, 5) is 12.4. The third-order valence-corrected chi connectivity index (χ3v) is 5.71. The van der Waals surface area contributed by atoms with Crippen LogP contribution in [0.1, 0.15) is 0 Å². The summed E-state index contributed by atoms with van der Waals surface area (Å²) in [6.45, 7) is 3.73. The van der Waals surface area contributed by atoms with Crippen molar-refractivity contribution in [2.45, 2.75) is 0 Å². The molecular formula is C12H19NO6S2. The average molecular weight is 337 g/mol. The monoisotopic (exact) mass is 337 g/mol. The van der Waals surface area contributed by atoms with Crippen LogP contribution in [-0.4, -0.2) is 60.4 Å². The van der Waals surface area contributed by atoms with E-state index in [0.29, 0.717) is 6.54 Å². The van der Waals surface area contributed by atoms with E-state index < -0.39 is 29.9 Å². The van der Waals surface area contributed by atoms with E-state index in [1.807, 2.05) is 0 Å². The molecule has 0 saturated heterocycles. The smallest absolute Gasteiger partial charge is 0.330 e. The SMILES string of the molecule is C=CC(=O)OCCN(C)C=CC=C(S(C)(=O)=O)S(C)(=O)=O. The van der Waals surface area contributed by atoms with E-state index >= 15 is 0 Å². The maximum atomic E-state index is 11.4. The lowest BCUT2D eigenvalue weighted by Crippen LogP contribution is -2.18. The van der Waals surface area contributed by atoms with Crippen LogP contribution < -0.4 is 0 Å². The molecule has 120 valence electrons. The second-order valence-electron chi connectivity index (χ2n) is 4.22. The minimum Gasteiger partial charge on any atom is -0.461 e. The standard InChI is InChI=1S/C12H19NO6S2/c1-5-11(14)19-10-9-13(2)8-6-7-12(20(3,15)16)21(4,17)18/h5-8H,1,9-10H2,2-4H3. The molecule has 0 fully saturated rings. The van der Waals surface area contributed by atoms with Crippen molar-refractivity contribution in [3.63, 3.8) is 0 Å². The van der Waals surface area contributed by atoms with Crippen molar-refractivity contribution >= 4 is 25.6 Å². The van der Waals surface area contributed by atoms with E-state index in [9.17, 15) is 21.6 Å². The van der Waals surface area contributed by atoms with E-state index in [1.54, 1.807) is 11.9 Å². The van der Waals surface area contributed by atoms with Crippen LogP contribution in [0.3, 0.4) is 0 Å². The highest BCUT2D eigenvalue weighted by Gasteiger charge is 2.21. The predicted molar refractivity (Wildman–Crippen MR) is 80.7 cm³/mol.